The van der Waals surface area contributed by atoms with Gasteiger partial charge in [-0.05, 0) is 0 Å². The van der Waals surface area contributed by atoms with Crippen molar-refractivity contribution >= 4 is 34.1 Å². The molecule has 0 fully saturated rings. The van der Waals surface area contributed by atoms with E-state index in [0.717, 1.165) is 28.0 Å². The van der Waals surface area contributed by atoms with Gasteiger partial charge in [0, 0.05) is 43.1 Å². The van der Waals surface area contributed by atoms with Crippen molar-refractivity contribution in [1.29, 1.82) is 0 Å². The summed E-state index contributed by atoms with van der Waals surface area (Å²) in [7, 11) is 3.45. The maximum Gasteiger partial charge on any atom is 0.360 e. The van der Waals surface area contributed by atoms with E-state index in [1.165, 1.54) is 11.8 Å². The molecule has 3 N–H and O–H groups in total. The van der Waals surface area contributed by atoms with E-state index in [1.54, 1.807) is 19.5 Å². The molecule has 0 saturated carbocycles. The van der Waals surface area contributed by atoms with Crippen LogP contribution in [0, 0.1) is 0 Å². The Morgan fingerprint density at radius 1 is 0.892 bits per heavy atom. The van der Waals surface area contributed by atoms with Gasteiger partial charge < -0.3 is 20.6 Å². The summed E-state index contributed by atoms with van der Waals surface area (Å²) in [5, 5.41) is 15.7. The molecule has 1 heterocycles. The Morgan fingerprint density at radius 3 is 1.59 bits per heavy atom. The van der Waals surface area contributed by atoms with Gasteiger partial charge in [0.25, 0.3) is 0 Å². The zero-order valence-electron chi connectivity index (χ0n) is 20.7. The summed E-state index contributed by atoms with van der Waals surface area (Å²) < 4.78 is 0. The Kier molecular flexibility index (Phi) is 9.12. The average molecular weight is 517 g/mol. The lowest BCUT2D eigenvalue weighted by molar-refractivity contribution is -0.129. The predicted octanol–water partition coefficient (Wildman–Crippen LogP) is 4.62. The number of hydrogen-bond donors (Lipinski definition) is 2. The monoisotopic (exact) mass is 516 g/mol. The van der Waals surface area contributed by atoms with Crippen molar-refractivity contribution in [3.8, 4) is 0 Å². The van der Waals surface area contributed by atoms with E-state index in [0.29, 0.717) is 0 Å². The van der Waals surface area contributed by atoms with Crippen molar-refractivity contribution in [3.63, 3.8) is 0 Å². The van der Waals surface area contributed by atoms with Gasteiger partial charge in [-0.1, -0.05) is 96.2 Å². The molecule has 0 saturated heterocycles. The number of aromatic nitrogens is 1. The van der Waals surface area contributed by atoms with E-state index in [9.17, 15) is 14.7 Å². The summed E-state index contributed by atoms with van der Waals surface area (Å²) in [5.41, 5.74) is 6.76. The number of nitrogens with two attached hydrogens (primary N) is 1. The van der Waals surface area contributed by atoms with Gasteiger partial charge >= 0.3 is 5.97 Å². The van der Waals surface area contributed by atoms with Crippen molar-refractivity contribution in [2.24, 2.45) is 5.16 Å². The van der Waals surface area contributed by atoms with Crippen LogP contribution >= 0.6 is 11.3 Å². The van der Waals surface area contributed by atoms with E-state index in [-0.39, 0.29) is 22.4 Å². The summed E-state index contributed by atoms with van der Waals surface area (Å²) in [5.74, 6) is -1.16. The van der Waals surface area contributed by atoms with Crippen molar-refractivity contribution in [3.05, 3.63) is 119 Å². The van der Waals surface area contributed by atoms with E-state index < -0.39 is 11.6 Å². The van der Waals surface area contributed by atoms with Crippen molar-refractivity contribution in [1.82, 2.24) is 9.88 Å². The van der Waals surface area contributed by atoms with Gasteiger partial charge in [-0.2, -0.15) is 0 Å². The Bertz CT molecular complexity index is 1240. The highest BCUT2D eigenvalue weighted by atomic mass is 32.1. The Labute approximate surface area is 219 Å². The molecule has 8 nitrogen and oxygen atoms in total. The average Bonchev–Trinajstić information content (AvgIpc) is 3.34. The number of nitrogen functional groups attached to an aromatic ring is 1. The molecule has 0 spiro atoms. The van der Waals surface area contributed by atoms with Crippen molar-refractivity contribution < 1.29 is 19.5 Å². The standard InChI is InChI=1S/C24H19N3O3S.C4H9NO/c25-23-26-20(16-31-23)21(22(28)29)27-30-24(17-10-4-1-5-11-17,18-12-6-2-7-13-18)19-14-8-3-9-15-19;1-4(6)5(2)3/h1-16H,(H2,25,26)(H,28,29);1-3H3/b27-21-;. The van der Waals surface area contributed by atoms with Gasteiger partial charge in [0.15, 0.2) is 5.13 Å². The van der Waals surface area contributed by atoms with E-state index in [2.05, 4.69) is 10.1 Å². The van der Waals surface area contributed by atoms with Gasteiger partial charge in [0.05, 0.1) is 0 Å². The van der Waals surface area contributed by atoms with E-state index in [1.807, 2.05) is 91.0 Å². The number of thiazole rings is 1. The first-order chi connectivity index (χ1) is 17.8. The predicted molar refractivity (Wildman–Crippen MR) is 145 cm³/mol. The Hall–Kier alpha value is -4.50. The second kappa shape index (κ2) is 12.5. The molecule has 9 heteroatoms. The largest absolute Gasteiger partial charge is 0.476 e. The van der Waals surface area contributed by atoms with E-state index >= 15 is 0 Å². The maximum atomic E-state index is 11.9. The molecule has 1 amide bonds. The molecular formula is C28H28N4O4S. The van der Waals surface area contributed by atoms with Crippen molar-refractivity contribution in [2.45, 2.75) is 12.5 Å². The first kappa shape index (κ1) is 27.1. The first-order valence-corrected chi connectivity index (χ1v) is 12.2. The fraction of sp³-hybridized carbons (Fsp3) is 0.143. The SMILES string of the molecule is CC(=O)N(C)C.Nc1nc(/C(=N/OC(c2ccccc2)(c2ccccc2)c2ccccc2)C(=O)O)cs1. The molecule has 0 atom stereocenters. The van der Waals surface area contributed by atoms with Crippen LogP contribution < -0.4 is 5.73 Å². The van der Waals surface area contributed by atoms with Crippen molar-refractivity contribution in [2.75, 3.05) is 19.8 Å². The zero-order valence-corrected chi connectivity index (χ0v) is 21.6. The molecule has 3 aromatic carbocycles. The Morgan fingerprint density at radius 2 is 1.30 bits per heavy atom. The van der Waals surface area contributed by atoms with Crippen LogP contribution in [0.15, 0.2) is 102 Å². The number of hydrogen-bond acceptors (Lipinski definition) is 7. The van der Waals surface area contributed by atoms with Gasteiger partial charge in [0.2, 0.25) is 17.2 Å². The molecular weight excluding hydrogens is 488 g/mol. The number of anilines is 1. The van der Waals surface area contributed by atoms with Gasteiger partial charge in [0.1, 0.15) is 5.69 Å². The summed E-state index contributed by atoms with van der Waals surface area (Å²) >= 11 is 1.14. The molecule has 0 radical (unpaired) electrons. The molecule has 0 aliphatic rings. The van der Waals surface area contributed by atoms with Crippen LogP contribution in [0.3, 0.4) is 0 Å². The smallest absolute Gasteiger partial charge is 0.360 e. The van der Waals surface area contributed by atoms with E-state index in [4.69, 9.17) is 10.6 Å². The molecule has 37 heavy (non-hydrogen) atoms. The van der Waals surface area contributed by atoms with Crippen LogP contribution in [0.4, 0.5) is 5.13 Å². The molecule has 0 aliphatic carbocycles. The normalized spacial score (nSPS) is 11.2. The highest BCUT2D eigenvalue weighted by molar-refractivity contribution is 7.13. The molecule has 0 bridgehead atoms. The summed E-state index contributed by atoms with van der Waals surface area (Å²) in [4.78, 5) is 33.8. The fourth-order valence-corrected chi connectivity index (χ4v) is 3.93. The maximum absolute atomic E-state index is 11.9. The highest BCUT2D eigenvalue weighted by Gasteiger charge is 2.40. The lowest BCUT2D eigenvalue weighted by Gasteiger charge is -2.33. The minimum atomic E-state index is -1.26. The van der Waals surface area contributed by atoms with Crippen LogP contribution in [-0.4, -0.2) is 46.7 Å². The third-order valence-electron chi connectivity index (χ3n) is 5.41. The number of aliphatic carboxylic acids is 1. The van der Waals surface area contributed by atoms with Gasteiger partial charge in [-0.15, -0.1) is 11.3 Å². The van der Waals surface area contributed by atoms with Crippen LogP contribution in [0.25, 0.3) is 0 Å². The first-order valence-electron chi connectivity index (χ1n) is 11.3. The number of oxime groups is 1. The number of carboxylic acids is 1. The van der Waals surface area contributed by atoms with Crippen LogP contribution in [0.2, 0.25) is 0 Å². The number of rotatable bonds is 7. The quantitative estimate of drug-likeness (QED) is 0.210. The minimum absolute atomic E-state index is 0.0926. The Balaban J connectivity index is 0.000000568. The molecule has 0 unspecified atom stereocenters. The molecule has 1 aromatic heterocycles. The number of amides is 1. The lowest BCUT2D eigenvalue weighted by atomic mass is 9.80. The number of nitrogens with zero attached hydrogens (tertiary/aromatic N) is 3. The van der Waals surface area contributed by atoms with Gasteiger partial charge in [-0.3, -0.25) is 4.79 Å². The fourth-order valence-electron chi connectivity index (χ4n) is 3.38. The highest BCUT2D eigenvalue weighted by Crippen LogP contribution is 2.40. The molecule has 190 valence electrons. The van der Waals surface area contributed by atoms with Crippen LogP contribution in [0.5, 0.6) is 0 Å². The second-order valence-corrected chi connectivity index (χ2v) is 8.99. The summed E-state index contributed by atoms with van der Waals surface area (Å²) in [6.07, 6.45) is 0. The third kappa shape index (κ3) is 6.59. The number of benzene rings is 3. The number of carbonyl (C=O) groups excluding carboxylic acids is 1. The minimum Gasteiger partial charge on any atom is -0.476 e. The third-order valence-corrected chi connectivity index (χ3v) is 6.09. The summed E-state index contributed by atoms with van der Waals surface area (Å²) in [6, 6.07) is 28.7. The molecule has 4 rings (SSSR count). The number of carboxylic acid groups (broad SMARTS) is 1. The summed E-state index contributed by atoms with van der Waals surface area (Å²) in [6.45, 7) is 1.53. The lowest BCUT2D eigenvalue weighted by Crippen LogP contribution is -2.32. The molecule has 0 aliphatic heterocycles. The second-order valence-electron chi connectivity index (χ2n) is 8.10. The topological polar surface area (TPSA) is 118 Å². The van der Waals surface area contributed by atoms with Crippen LogP contribution in [-0.2, 0) is 20.0 Å². The number of carbonyl (C=O) groups is 2. The van der Waals surface area contributed by atoms with Gasteiger partial charge in [-0.25, -0.2) is 9.78 Å². The molecule has 4 aromatic rings. The zero-order chi connectivity index (χ0) is 26.8. The van der Waals surface area contributed by atoms with Crippen LogP contribution in [0.1, 0.15) is 29.3 Å².